The zero-order chi connectivity index (χ0) is 20.5. The van der Waals surface area contributed by atoms with Crippen LogP contribution in [0.4, 0.5) is 0 Å². The third kappa shape index (κ3) is 5.68. The first-order valence-electron chi connectivity index (χ1n) is 9.41. The van der Waals surface area contributed by atoms with E-state index in [9.17, 15) is 4.79 Å². The van der Waals surface area contributed by atoms with Crippen molar-refractivity contribution in [2.75, 3.05) is 20.2 Å². The lowest BCUT2D eigenvalue weighted by atomic mass is 10.2. The number of guanidine groups is 1. The van der Waals surface area contributed by atoms with Crippen molar-refractivity contribution in [3.05, 3.63) is 60.0 Å². The molecular weight excluding hydrogens is 370 g/mol. The van der Waals surface area contributed by atoms with Crippen molar-refractivity contribution in [1.82, 2.24) is 30.5 Å². The van der Waals surface area contributed by atoms with Crippen LogP contribution in [0.15, 0.2) is 53.7 Å². The van der Waals surface area contributed by atoms with E-state index in [2.05, 4.69) is 31.1 Å². The van der Waals surface area contributed by atoms with Crippen molar-refractivity contribution in [2.45, 2.75) is 20.0 Å². The minimum absolute atomic E-state index is 0.000249. The fraction of sp³-hybridized carbons (Fsp3) is 0.300. The summed E-state index contributed by atoms with van der Waals surface area (Å²) in [6.45, 7) is 3.50. The number of benzene rings is 1. The third-order valence-electron chi connectivity index (χ3n) is 4.12. The normalized spacial score (nSPS) is 11.3. The largest absolute Gasteiger partial charge is 0.484 e. The van der Waals surface area contributed by atoms with Crippen LogP contribution in [0.1, 0.15) is 18.3 Å². The summed E-state index contributed by atoms with van der Waals surface area (Å²) in [4.78, 5) is 15.8. The molecule has 3 N–H and O–H groups in total. The van der Waals surface area contributed by atoms with Gasteiger partial charge < -0.3 is 20.7 Å². The van der Waals surface area contributed by atoms with Crippen LogP contribution in [-0.2, 0) is 17.9 Å². The van der Waals surface area contributed by atoms with Crippen LogP contribution in [-0.4, -0.2) is 46.7 Å². The molecule has 1 aromatic carbocycles. The fourth-order valence-electron chi connectivity index (χ4n) is 2.72. The van der Waals surface area contributed by atoms with Gasteiger partial charge in [-0.3, -0.25) is 14.2 Å². The van der Waals surface area contributed by atoms with Gasteiger partial charge in [-0.2, -0.15) is 0 Å². The third-order valence-corrected chi connectivity index (χ3v) is 4.12. The van der Waals surface area contributed by atoms with Gasteiger partial charge in [0.25, 0.3) is 5.91 Å². The second-order valence-corrected chi connectivity index (χ2v) is 6.21. The smallest absolute Gasteiger partial charge is 0.257 e. The van der Waals surface area contributed by atoms with Crippen molar-refractivity contribution in [1.29, 1.82) is 0 Å². The van der Waals surface area contributed by atoms with E-state index in [1.807, 2.05) is 60.0 Å². The van der Waals surface area contributed by atoms with Gasteiger partial charge in [0.05, 0.1) is 6.54 Å². The van der Waals surface area contributed by atoms with Crippen LogP contribution in [0, 0.1) is 0 Å². The summed E-state index contributed by atoms with van der Waals surface area (Å²) < 4.78 is 7.45. The second kappa shape index (κ2) is 10.1. The van der Waals surface area contributed by atoms with Crippen LogP contribution in [0.2, 0.25) is 0 Å². The zero-order valence-corrected chi connectivity index (χ0v) is 16.6. The molecule has 0 aliphatic rings. The number of aromatic nitrogens is 3. The molecule has 0 saturated carbocycles. The van der Waals surface area contributed by atoms with Gasteiger partial charge >= 0.3 is 0 Å². The lowest BCUT2D eigenvalue weighted by Gasteiger charge is -2.12. The summed E-state index contributed by atoms with van der Waals surface area (Å²) in [7, 11) is 1.71. The maximum Gasteiger partial charge on any atom is 0.257 e. The monoisotopic (exact) mass is 395 g/mol. The SMILES string of the molecule is CCNC(=O)COc1cccc(CNC(=NC)NCc2nnc3ccccn23)c1. The Hall–Kier alpha value is -3.62. The number of hydrogen-bond donors (Lipinski definition) is 3. The number of carbonyl (C=O) groups excluding carboxylic acids is 1. The molecule has 29 heavy (non-hydrogen) atoms. The molecule has 2 heterocycles. The van der Waals surface area contributed by atoms with E-state index in [0.717, 1.165) is 17.0 Å². The topological polar surface area (TPSA) is 105 Å². The Bertz CT molecular complexity index is 984. The van der Waals surface area contributed by atoms with Gasteiger partial charge in [0.1, 0.15) is 5.75 Å². The number of nitrogens with zero attached hydrogens (tertiary/aromatic N) is 4. The highest BCUT2D eigenvalue weighted by Gasteiger charge is 2.06. The lowest BCUT2D eigenvalue weighted by molar-refractivity contribution is -0.122. The first-order chi connectivity index (χ1) is 14.2. The van der Waals surface area contributed by atoms with Crippen LogP contribution in [0.3, 0.4) is 0 Å². The molecule has 0 aliphatic carbocycles. The van der Waals surface area contributed by atoms with E-state index in [0.29, 0.717) is 31.3 Å². The van der Waals surface area contributed by atoms with Gasteiger partial charge in [-0.15, -0.1) is 10.2 Å². The molecule has 3 rings (SSSR count). The number of hydrogen-bond acceptors (Lipinski definition) is 5. The first kappa shape index (κ1) is 20.1. The van der Waals surface area contributed by atoms with E-state index in [1.165, 1.54) is 0 Å². The molecule has 0 spiro atoms. The predicted octanol–water partition coefficient (Wildman–Crippen LogP) is 1.11. The number of ether oxygens (including phenoxy) is 1. The van der Waals surface area contributed by atoms with Crippen LogP contribution in [0.25, 0.3) is 5.65 Å². The molecule has 1 amide bonds. The van der Waals surface area contributed by atoms with Gasteiger partial charge in [0, 0.05) is 26.3 Å². The Morgan fingerprint density at radius 3 is 2.79 bits per heavy atom. The number of rotatable bonds is 8. The first-order valence-corrected chi connectivity index (χ1v) is 9.41. The van der Waals surface area contributed by atoms with Crippen molar-refractivity contribution in [3.63, 3.8) is 0 Å². The molecule has 0 unspecified atom stereocenters. The Morgan fingerprint density at radius 2 is 1.97 bits per heavy atom. The fourth-order valence-corrected chi connectivity index (χ4v) is 2.72. The minimum Gasteiger partial charge on any atom is -0.484 e. The van der Waals surface area contributed by atoms with Crippen LogP contribution < -0.4 is 20.7 Å². The second-order valence-electron chi connectivity index (χ2n) is 6.21. The Labute approximate surface area is 169 Å². The van der Waals surface area contributed by atoms with Crippen molar-refractivity contribution in [2.24, 2.45) is 4.99 Å². The maximum atomic E-state index is 11.5. The number of fused-ring (bicyclic) bond motifs is 1. The number of pyridine rings is 1. The molecule has 9 heteroatoms. The summed E-state index contributed by atoms with van der Waals surface area (Å²) in [5.74, 6) is 1.95. The standard InChI is InChI=1S/C20H25N7O2/c1-3-22-19(28)14-29-16-8-6-7-15(11-16)12-23-20(21-2)24-13-18-26-25-17-9-4-5-10-27(17)18/h4-11H,3,12-14H2,1-2H3,(H,22,28)(H2,21,23,24). The number of nitrogens with one attached hydrogen (secondary N) is 3. The van der Waals surface area contributed by atoms with Gasteiger partial charge in [-0.05, 0) is 36.8 Å². The quantitative estimate of drug-likeness (QED) is 0.390. The maximum absolute atomic E-state index is 11.5. The number of carbonyl (C=O) groups is 1. The summed E-state index contributed by atoms with van der Waals surface area (Å²) >= 11 is 0. The Morgan fingerprint density at radius 1 is 1.10 bits per heavy atom. The predicted molar refractivity (Wildman–Crippen MR) is 111 cm³/mol. The van der Waals surface area contributed by atoms with Crippen molar-refractivity contribution < 1.29 is 9.53 Å². The molecule has 152 valence electrons. The van der Waals surface area contributed by atoms with Crippen LogP contribution in [0.5, 0.6) is 5.75 Å². The highest BCUT2D eigenvalue weighted by atomic mass is 16.5. The summed E-state index contributed by atoms with van der Waals surface area (Å²) in [6, 6.07) is 13.4. The number of likely N-dealkylation sites (N-methyl/N-ethyl adjacent to an activating group) is 1. The average molecular weight is 395 g/mol. The highest BCUT2D eigenvalue weighted by Crippen LogP contribution is 2.13. The molecule has 3 aromatic rings. The Kier molecular flexibility index (Phi) is 6.99. The molecule has 2 aromatic heterocycles. The molecule has 0 bridgehead atoms. The molecule has 0 fully saturated rings. The summed E-state index contributed by atoms with van der Waals surface area (Å²) in [6.07, 6.45) is 1.93. The van der Waals surface area contributed by atoms with Crippen LogP contribution >= 0.6 is 0 Å². The molecule has 0 saturated heterocycles. The summed E-state index contributed by atoms with van der Waals surface area (Å²) in [5.41, 5.74) is 1.81. The molecule has 0 atom stereocenters. The minimum atomic E-state index is -0.137. The van der Waals surface area contributed by atoms with Crippen molar-refractivity contribution in [3.8, 4) is 5.75 Å². The zero-order valence-electron chi connectivity index (χ0n) is 16.6. The van der Waals surface area contributed by atoms with Crippen molar-refractivity contribution >= 4 is 17.5 Å². The van der Waals surface area contributed by atoms with E-state index < -0.39 is 0 Å². The lowest BCUT2D eigenvalue weighted by Crippen LogP contribution is -2.36. The van der Waals surface area contributed by atoms with E-state index in [-0.39, 0.29) is 12.5 Å². The Balaban J connectivity index is 1.51. The molecular formula is C20H25N7O2. The molecule has 9 nitrogen and oxygen atoms in total. The van der Waals surface area contributed by atoms with E-state index in [4.69, 9.17) is 4.74 Å². The van der Waals surface area contributed by atoms with E-state index >= 15 is 0 Å². The molecule has 0 aliphatic heterocycles. The van der Waals surface area contributed by atoms with Gasteiger partial charge in [0.15, 0.2) is 24.0 Å². The van der Waals surface area contributed by atoms with Gasteiger partial charge in [-0.25, -0.2) is 0 Å². The van der Waals surface area contributed by atoms with Gasteiger partial charge in [-0.1, -0.05) is 18.2 Å². The average Bonchev–Trinajstić information content (AvgIpc) is 3.16. The highest BCUT2D eigenvalue weighted by molar-refractivity contribution is 5.79. The molecule has 0 radical (unpaired) electrons. The number of amides is 1. The van der Waals surface area contributed by atoms with Gasteiger partial charge in [0.2, 0.25) is 0 Å². The summed E-state index contributed by atoms with van der Waals surface area (Å²) in [5, 5.41) is 17.5. The van der Waals surface area contributed by atoms with E-state index in [1.54, 1.807) is 7.05 Å². The number of aliphatic imine (C=N–C) groups is 1.